The SMILES string of the molecule is C[C@H](CCCC(C)(C)O)[C@H]1CC[C@H]2[C@@H]3CCC4(O)C[C@@H](O)CC[C@]4(C)[C@H]3CC[C@]12C. The normalized spacial score (nSPS) is 49.8. The van der Waals surface area contributed by atoms with E-state index in [9.17, 15) is 15.3 Å². The van der Waals surface area contributed by atoms with Crippen molar-refractivity contribution in [2.45, 2.75) is 129 Å². The molecule has 4 fully saturated rings. The summed E-state index contributed by atoms with van der Waals surface area (Å²) in [5, 5.41) is 31.9. The molecule has 0 amide bonds. The predicted octanol–water partition coefficient (Wildman–Crippen LogP) is 5.70. The van der Waals surface area contributed by atoms with Crippen LogP contribution in [0.5, 0.6) is 0 Å². The second-order valence-corrected chi connectivity index (χ2v) is 13.2. The topological polar surface area (TPSA) is 60.7 Å². The smallest absolute Gasteiger partial charge is 0.0728 e. The number of rotatable bonds is 5. The van der Waals surface area contributed by atoms with E-state index in [4.69, 9.17) is 0 Å². The largest absolute Gasteiger partial charge is 0.393 e. The first-order chi connectivity index (χ1) is 13.9. The van der Waals surface area contributed by atoms with Gasteiger partial charge in [0.1, 0.15) is 0 Å². The van der Waals surface area contributed by atoms with E-state index >= 15 is 0 Å². The Hall–Kier alpha value is -0.120. The molecule has 0 aromatic carbocycles. The molecule has 0 aromatic heterocycles. The molecule has 1 unspecified atom stereocenters. The van der Waals surface area contributed by atoms with Gasteiger partial charge in [-0.15, -0.1) is 0 Å². The third-order valence-electron chi connectivity index (χ3n) is 11.0. The lowest BCUT2D eigenvalue weighted by molar-refractivity contribution is -0.220. The van der Waals surface area contributed by atoms with E-state index in [1.807, 2.05) is 13.8 Å². The Balaban J connectivity index is 1.47. The summed E-state index contributed by atoms with van der Waals surface area (Å²) < 4.78 is 0. The summed E-state index contributed by atoms with van der Waals surface area (Å²) >= 11 is 0. The van der Waals surface area contributed by atoms with Gasteiger partial charge in [0.25, 0.3) is 0 Å². The van der Waals surface area contributed by atoms with Crippen molar-refractivity contribution in [2.75, 3.05) is 0 Å². The van der Waals surface area contributed by atoms with E-state index in [1.54, 1.807) is 0 Å². The summed E-state index contributed by atoms with van der Waals surface area (Å²) in [7, 11) is 0. The lowest BCUT2D eigenvalue weighted by atomic mass is 9.43. The third kappa shape index (κ3) is 3.69. The first kappa shape index (κ1) is 23.1. The number of aliphatic hydroxyl groups is 3. The number of hydrogen-bond acceptors (Lipinski definition) is 3. The summed E-state index contributed by atoms with van der Waals surface area (Å²) in [5.74, 6) is 3.75. The lowest BCUT2D eigenvalue weighted by Crippen LogP contribution is -2.62. The second-order valence-electron chi connectivity index (χ2n) is 13.2. The molecule has 4 aliphatic rings. The Labute approximate surface area is 185 Å². The molecular weight excluding hydrogens is 372 g/mol. The highest BCUT2D eigenvalue weighted by atomic mass is 16.3. The first-order valence-corrected chi connectivity index (χ1v) is 13.0. The van der Waals surface area contributed by atoms with Crippen LogP contribution in [0.25, 0.3) is 0 Å². The molecule has 0 aliphatic heterocycles. The van der Waals surface area contributed by atoms with Crippen molar-refractivity contribution in [2.24, 2.45) is 40.4 Å². The summed E-state index contributed by atoms with van der Waals surface area (Å²) in [6.45, 7) is 11.3. The van der Waals surface area contributed by atoms with Crippen LogP contribution in [0.15, 0.2) is 0 Å². The van der Waals surface area contributed by atoms with Crippen LogP contribution in [0.3, 0.4) is 0 Å². The lowest BCUT2D eigenvalue weighted by Gasteiger charge is -2.64. The molecule has 4 saturated carbocycles. The average molecular weight is 421 g/mol. The number of fused-ring (bicyclic) bond motifs is 5. The van der Waals surface area contributed by atoms with Crippen LogP contribution in [-0.2, 0) is 0 Å². The van der Waals surface area contributed by atoms with Crippen LogP contribution in [0.4, 0.5) is 0 Å². The van der Waals surface area contributed by atoms with Gasteiger partial charge in [0.2, 0.25) is 0 Å². The van der Waals surface area contributed by atoms with E-state index in [2.05, 4.69) is 20.8 Å². The van der Waals surface area contributed by atoms with Crippen LogP contribution in [0.1, 0.15) is 112 Å². The Bertz CT molecular complexity index is 626. The third-order valence-corrected chi connectivity index (χ3v) is 11.0. The molecule has 4 rings (SSSR count). The van der Waals surface area contributed by atoms with Gasteiger partial charge in [-0.25, -0.2) is 0 Å². The van der Waals surface area contributed by atoms with Crippen molar-refractivity contribution < 1.29 is 15.3 Å². The highest BCUT2D eigenvalue weighted by molar-refractivity contribution is 5.14. The van der Waals surface area contributed by atoms with Crippen molar-refractivity contribution in [1.29, 1.82) is 0 Å². The van der Waals surface area contributed by atoms with Gasteiger partial charge in [-0.05, 0) is 112 Å². The van der Waals surface area contributed by atoms with Gasteiger partial charge in [-0.3, -0.25) is 0 Å². The molecule has 174 valence electrons. The maximum Gasteiger partial charge on any atom is 0.0728 e. The fraction of sp³-hybridized carbons (Fsp3) is 1.00. The van der Waals surface area contributed by atoms with Gasteiger partial charge in [0, 0.05) is 6.42 Å². The molecule has 3 heteroatoms. The van der Waals surface area contributed by atoms with Crippen LogP contribution in [0, 0.1) is 40.4 Å². The van der Waals surface area contributed by atoms with Gasteiger partial charge < -0.3 is 15.3 Å². The van der Waals surface area contributed by atoms with Crippen molar-refractivity contribution in [3.8, 4) is 0 Å². The van der Waals surface area contributed by atoms with Crippen molar-refractivity contribution in [3.63, 3.8) is 0 Å². The van der Waals surface area contributed by atoms with Gasteiger partial charge in [-0.1, -0.05) is 33.6 Å². The zero-order valence-electron chi connectivity index (χ0n) is 20.3. The highest BCUT2D eigenvalue weighted by Gasteiger charge is 2.64. The minimum Gasteiger partial charge on any atom is -0.393 e. The van der Waals surface area contributed by atoms with Crippen LogP contribution in [0.2, 0.25) is 0 Å². The van der Waals surface area contributed by atoms with Crippen LogP contribution in [-0.4, -0.2) is 32.6 Å². The maximum absolute atomic E-state index is 11.6. The Morgan fingerprint density at radius 3 is 2.40 bits per heavy atom. The van der Waals surface area contributed by atoms with Crippen molar-refractivity contribution in [1.82, 2.24) is 0 Å². The first-order valence-electron chi connectivity index (χ1n) is 13.0. The van der Waals surface area contributed by atoms with E-state index in [1.165, 1.54) is 32.1 Å². The van der Waals surface area contributed by atoms with Crippen LogP contribution >= 0.6 is 0 Å². The molecule has 4 aliphatic carbocycles. The summed E-state index contributed by atoms with van der Waals surface area (Å²) in [4.78, 5) is 0. The number of aliphatic hydroxyl groups excluding tert-OH is 1. The van der Waals surface area contributed by atoms with E-state index in [0.29, 0.717) is 17.8 Å². The standard InChI is InChI=1S/C27H48O3/c1-18(7-6-13-24(2,3)29)21-8-9-22-20-11-16-27(30)17-19(28)10-15-26(27,5)23(20)12-14-25(21,22)4/h18-23,28-30H,6-17H2,1-5H3/t18-,19+,20+,21-,22+,23+,25-,26-,27?/m1/s1. The van der Waals surface area contributed by atoms with Crippen molar-refractivity contribution in [3.05, 3.63) is 0 Å². The fourth-order valence-corrected chi connectivity index (χ4v) is 9.26. The molecule has 30 heavy (non-hydrogen) atoms. The Kier molecular flexibility index (Phi) is 5.94. The molecule has 3 N–H and O–H groups in total. The monoisotopic (exact) mass is 420 g/mol. The molecular formula is C27H48O3. The van der Waals surface area contributed by atoms with Gasteiger partial charge in [0.15, 0.2) is 0 Å². The summed E-state index contributed by atoms with van der Waals surface area (Å²) in [5.41, 5.74) is -0.744. The van der Waals surface area contributed by atoms with E-state index < -0.39 is 11.2 Å². The van der Waals surface area contributed by atoms with Gasteiger partial charge in [0.05, 0.1) is 17.3 Å². The number of hydrogen-bond donors (Lipinski definition) is 3. The predicted molar refractivity (Wildman–Crippen MR) is 122 cm³/mol. The van der Waals surface area contributed by atoms with E-state index in [-0.39, 0.29) is 11.5 Å². The molecule has 0 bridgehead atoms. The van der Waals surface area contributed by atoms with Crippen LogP contribution < -0.4 is 0 Å². The maximum atomic E-state index is 11.6. The molecule has 0 aromatic rings. The average Bonchev–Trinajstić information content (AvgIpc) is 2.99. The minimum absolute atomic E-state index is 0.00706. The molecule has 0 saturated heterocycles. The zero-order chi connectivity index (χ0) is 21.9. The minimum atomic E-state index is -0.651. The molecule has 0 radical (unpaired) electrons. The zero-order valence-corrected chi connectivity index (χ0v) is 20.3. The molecule has 0 spiro atoms. The molecule has 9 atom stereocenters. The van der Waals surface area contributed by atoms with Crippen molar-refractivity contribution >= 4 is 0 Å². The van der Waals surface area contributed by atoms with Gasteiger partial charge in [-0.2, -0.15) is 0 Å². The molecule has 3 nitrogen and oxygen atoms in total. The summed E-state index contributed by atoms with van der Waals surface area (Å²) in [6.07, 6.45) is 12.8. The summed E-state index contributed by atoms with van der Waals surface area (Å²) in [6, 6.07) is 0. The highest BCUT2D eigenvalue weighted by Crippen LogP contribution is 2.69. The van der Waals surface area contributed by atoms with Gasteiger partial charge >= 0.3 is 0 Å². The fourth-order valence-electron chi connectivity index (χ4n) is 9.26. The van der Waals surface area contributed by atoms with E-state index in [0.717, 1.165) is 62.2 Å². The quantitative estimate of drug-likeness (QED) is 0.535. The Morgan fingerprint density at radius 2 is 1.70 bits per heavy atom. The molecule has 0 heterocycles. The Morgan fingerprint density at radius 1 is 0.967 bits per heavy atom. The second kappa shape index (κ2) is 7.73.